The number of halogens is 2. The molecule has 41 heavy (non-hydrogen) atoms. The van der Waals surface area contributed by atoms with Crippen LogP contribution in [0.1, 0.15) is 66.7 Å². The van der Waals surface area contributed by atoms with Crippen LogP contribution in [0.15, 0.2) is 42.7 Å². The number of carbonyl (C=O) groups is 2. The fourth-order valence-corrected chi connectivity index (χ4v) is 5.54. The number of unbranched alkanes of at least 4 members (excludes halogenated alkanes) is 1. The first kappa shape index (κ1) is 28.5. The van der Waals surface area contributed by atoms with E-state index < -0.39 is 12.0 Å². The number of alkyl halides is 2. The van der Waals surface area contributed by atoms with E-state index in [0.29, 0.717) is 35.8 Å². The summed E-state index contributed by atoms with van der Waals surface area (Å²) < 4.78 is 31.6. The fourth-order valence-electron chi connectivity index (χ4n) is 3.95. The van der Waals surface area contributed by atoms with E-state index in [0.717, 1.165) is 28.6 Å². The van der Waals surface area contributed by atoms with E-state index in [1.807, 2.05) is 18.2 Å². The molecule has 2 N–H and O–H groups in total. The molecule has 4 heterocycles. The molecule has 0 unspecified atom stereocenters. The predicted molar refractivity (Wildman–Crippen MR) is 146 cm³/mol. The smallest absolute Gasteiger partial charge is 0.282 e. The Bertz CT molecular complexity index is 1480. The van der Waals surface area contributed by atoms with E-state index in [-0.39, 0.29) is 36.2 Å². The summed E-state index contributed by atoms with van der Waals surface area (Å²) in [6, 6.07) is 8.73. The first-order chi connectivity index (χ1) is 19.8. The number of amides is 2. The van der Waals surface area contributed by atoms with Gasteiger partial charge in [0.05, 0.1) is 24.5 Å². The molecule has 1 aliphatic carbocycles. The van der Waals surface area contributed by atoms with Crippen LogP contribution in [0.3, 0.4) is 0 Å². The lowest BCUT2D eigenvalue weighted by atomic mass is 9.91. The van der Waals surface area contributed by atoms with Crippen molar-refractivity contribution in [3.8, 4) is 5.75 Å². The summed E-state index contributed by atoms with van der Waals surface area (Å²) in [4.78, 5) is 33.2. The molecule has 0 bridgehead atoms. The van der Waals surface area contributed by atoms with Crippen LogP contribution in [0.5, 0.6) is 5.75 Å². The number of aromatic nitrogens is 6. The lowest BCUT2D eigenvalue weighted by Crippen LogP contribution is -2.43. The Labute approximate surface area is 241 Å². The molecular formula is C26H26F2N8O3S2. The Morgan fingerprint density at radius 3 is 2.05 bits per heavy atom. The number of hydrogen-bond acceptors (Lipinski definition) is 11. The van der Waals surface area contributed by atoms with Gasteiger partial charge in [-0.1, -0.05) is 28.7 Å². The lowest BCUT2D eigenvalue weighted by Gasteiger charge is -2.34. The Balaban J connectivity index is 1.00. The van der Waals surface area contributed by atoms with Crippen LogP contribution in [-0.4, -0.2) is 54.2 Å². The highest BCUT2D eigenvalue weighted by Crippen LogP contribution is 2.39. The zero-order chi connectivity index (χ0) is 28.7. The molecule has 11 nitrogen and oxygen atoms in total. The predicted octanol–water partition coefficient (Wildman–Crippen LogP) is 3.78. The highest BCUT2D eigenvalue weighted by molar-refractivity contribution is 7.13. The van der Waals surface area contributed by atoms with Crippen LogP contribution < -0.4 is 15.4 Å². The van der Waals surface area contributed by atoms with E-state index >= 15 is 0 Å². The molecular weight excluding hydrogens is 574 g/mol. The number of rotatable bonds is 13. The molecule has 2 amide bonds. The molecule has 0 aromatic carbocycles. The second-order valence-electron chi connectivity index (χ2n) is 9.38. The fraction of sp³-hybridized carbons (Fsp3) is 0.385. The van der Waals surface area contributed by atoms with Gasteiger partial charge in [-0.25, -0.2) is 8.78 Å². The summed E-state index contributed by atoms with van der Waals surface area (Å²) in [6.45, 7) is 0.457. The molecule has 15 heteroatoms. The van der Waals surface area contributed by atoms with Gasteiger partial charge in [0.2, 0.25) is 10.0 Å². The minimum absolute atomic E-state index is 0.136. The van der Waals surface area contributed by atoms with Crippen LogP contribution in [0.25, 0.3) is 0 Å². The third-order valence-corrected chi connectivity index (χ3v) is 8.05. The Hall–Kier alpha value is -3.98. The van der Waals surface area contributed by atoms with Crippen molar-refractivity contribution >= 4 is 34.5 Å². The zero-order valence-electron chi connectivity index (χ0n) is 21.8. The molecule has 214 valence electrons. The van der Waals surface area contributed by atoms with Crippen molar-refractivity contribution in [1.82, 2.24) is 41.0 Å². The first-order valence-electron chi connectivity index (χ1n) is 12.9. The van der Waals surface area contributed by atoms with E-state index in [1.165, 1.54) is 28.9 Å². The molecule has 1 aliphatic rings. The summed E-state index contributed by atoms with van der Waals surface area (Å²) in [5.74, 6) is -2.87. The molecule has 0 saturated heterocycles. The van der Waals surface area contributed by atoms with Gasteiger partial charge in [0, 0.05) is 44.1 Å². The van der Waals surface area contributed by atoms with Gasteiger partial charge in [-0.15, -0.1) is 20.4 Å². The minimum atomic E-state index is -2.65. The highest BCUT2D eigenvalue weighted by atomic mass is 32.1. The third kappa shape index (κ3) is 8.27. The molecule has 0 radical (unpaired) electrons. The molecule has 1 fully saturated rings. The lowest BCUT2D eigenvalue weighted by molar-refractivity contribution is -0.134. The average Bonchev–Trinajstić information content (AvgIpc) is 3.63. The molecule has 4 aromatic heterocycles. The number of carbonyl (C=O) groups excluding carboxylic acids is 2. The van der Waals surface area contributed by atoms with Crippen LogP contribution in [0.2, 0.25) is 0 Å². The van der Waals surface area contributed by atoms with Gasteiger partial charge in [-0.3, -0.25) is 19.6 Å². The summed E-state index contributed by atoms with van der Waals surface area (Å²) in [6.07, 6.45) is 5.03. The van der Waals surface area contributed by atoms with Gasteiger partial charge in [0.15, 0.2) is 0 Å². The Morgan fingerprint density at radius 2 is 1.46 bits per heavy atom. The second-order valence-corrected chi connectivity index (χ2v) is 11.5. The number of hydrogen-bond donors (Lipinski definition) is 2. The van der Waals surface area contributed by atoms with Gasteiger partial charge in [0.25, 0.3) is 17.7 Å². The van der Waals surface area contributed by atoms with Crippen molar-refractivity contribution in [3.05, 3.63) is 74.1 Å². The maximum atomic E-state index is 13.0. The van der Waals surface area contributed by atoms with Crippen molar-refractivity contribution in [2.75, 3.05) is 0 Å². The van der Waals surface area contributed by atoms with Crippen molar-refractivity contribution in [3.63, 3.8) is 0 Å². The number of pyridine rings is 2. The van der Waals surface area contributed by atoms with Gasteiger partial charge < -0.3 is 15.4 Å². The number of aryl methyl sites for hydroxylation is 2. The maximum Gasteiger partial charge on any atom is 0.282 e. The van der Waals surface area contributed by atoms with Crippen molar-refractivity contribution in [2.24, 2.45) is 0 Å². The van der Waals surface area contributed by atoms with Gasteiger partial charge in [-0.05, 0) is 31.0 Å². The summed E-state index contributed by atoms with van der Waals surface area (Å²) in [5, 5.41) is 23.8. The number of nitrogens with zero attached hydrogens (tertiary/aromatic N) is 6. The summed E-state index contributed by atoms with van der Waals surface area (Å²) in [5.41, 5.74) is 1.30. The summed E-state index contributed by atoms with van der Waals surface area (Å²) >= 11 is 2.49. The SMILES string of the molecule is O=C(NCc1ccccn1)c1nnc(CCCCc2nnc(C(=O)NCc3cc(OC4CC(F)(F)C4)ccn3)s2)s1. The zero-order valence-corrected chi connectivity index (χ0v) is 23.4. The average molecular weight is 601 g/mol. The van der Waals surface area contributed by atoms with Gasteiger partial charge in [-0.2, -0.15) is 0 Å². The summed E-state index contributed by atoms with van der Waals surface area (Å²) in [7, 11) is 0. The van der Waals surface area contributed by atoms with Crippen molar-refractivity contribution < 1.29 is 23.1 Å². The van der Waals surface area contributed by atoms with Gasteiger partial charge in [0.1, 0.15) is 21.9 Å². The number of nitrogens with one attached hydrogen (secondary N) is 2. The molecule has 0 aliphatic heterocycles. The Morgan fingerprint density at radius 1 is 0.854 bits per heavy atom. The molecule has 0 atom stereocenters. The van der Waals surface area contributed by atoms with Crippen LogP contribution in [0.4, 0.5) is 8.78 Å². The van der Waals surface area contributed by atoms with Crippen LogP contribution >= 0.6 is 22.7 Å². The van der Waals surface area contributed by atoms with E-state index in [2.05, 4.69) is 41.0 Å². The van der Waals surface area contributed by atoms with E-state index in [4.69, 9.17) is 4.74 Å². The second kappa shape index (κ2) is 13.1. The minimum Gasteiger partial charge on any atom is -0.490 e. The topological polar surface area (TPSA) is 145 Å². The monoisotopic (exact) mass is 600 g/mol. The highest BCUT2D eigenvalue weighted by Gasteiger charge is 2.47. The largest absolute Gasteiger partial charge is 0.490 e. The normalized spacial score (nSPS) is 14.3. The quantitative estimate of drug-likeness (QED) is 0.219. The van der Waals surface area contributed by atoms with Crippen molar-refractivity contribution in [2.45, 2.75) is 63.6 Å². The molecule has 5 rings (SSSR count). The van der Waals surface area contributed by atoms with E-state index in [1.54, 1.807) is 18.3 Å². The first-order valence-corrected chi connectivity index (χ1v) is 14.6. The van der Waals surface area contributed by atoms with Crippen molar-refractivity contribution in [1.29, 1.82) is 0 Å². The van der Waals surface area contributed by atoms with Gasteiger partial charge >= 0.3 is 0 Å². The van der Waals surface area contributed by atoms with Crippen LogP contribution in [0, 0.1) is 0 Å². The standard InChI is InChI=1S/C26H26F2N8O3S2/c27-26(28)12-19(13-26)39-18-8-10-30-17(11-18)15-32-23(38)25-36-34-21(41-25)7-2-1-6-20-33-35-24(40-20)22(37)31-14-16-5-3-4-9-29-16/h3-5,8-11,19H,1-2,6-7,12-15H2,(H,31,37)(H,32,38). The number of ether oxygens (including phenoxy) is 1. The molecule has 4 aromatic rings. The third-order valence-electron chi connectivity index (χ3n) is 6.08. The van der Waals surface area contributed by atoms with E-state index in [9.17, 15) is 18.4 Å². The molecule has 0 spiro atoms. The maximum absolute atomic E-state index is 13.0. The Kier molecular flexibility index (Phi) is 9.14. The molecule has 1 saturated carbocycles. The van der Waals surface area contributed by atoms with Crippen LogP contribution in [-0.2, 0) is 25.9 Å².